The summed E-state index contributed by atoms with van der Waals surface area (Å²) in [6.07, 6.45) is 4.09. The van der Waals surface area contributed by atoms with Gasteiger partial charge < -0.3 is 9.88 Å². The highest BCUT2D eigenvalue weighted by molar-refractivity contribution is 6.09. The van der Waals surface area contributed by atoms with E-state index in [1.807, 2.05) is 37.3 Å². The van der Waals surface area contributed by atoms with Crippen molar-refractivity contribution in [1.82, 2.24) is 4.57 Å². The van der Waals surface area contributed by atoms with Gasteiger partial charge in [-0.3, -0.25) is 4.79 Å². The quantitative estimate of drug-likeness (QED) is 0.686. The highest BCUT2D eigenvalue weighted by atomic mass is 16.1. The first-order valence-corrected chi connectivity index (χ1v) is 7.77. The number of hydrogen-bond acceptors (Lipinski definition) is 2. The van der Waals surface area contributed by atoms with Gasteiger partial charge in [-0.15, -0.1) is 0 Å². The molecule has 0 spiro atoms. The van der Waals surface area contributed by atoms with Crippen LogP contribution in [-0.4, -0.2) is 10.5 Å². The molecule has 1 saturated carbocycles. The third-order valence-corrected chi connectivity index (χ3v) is 4.13. The molecule has 1 heterocycles. The molecule has 0 bridgehead atoms. The van der Waals surface area contributed by atoms with Gasteiger partial charge in [0.25, 0.3) is 5.91 Å². The number of carbonyl (C=O) groups is 1. The summed E-state index contributed by atoms with van der Waals surface area (Å²) >= 11 is 0. The molecular weight excluding hydrogens is 286 g/mol. The predicted molar refractivity (Wildman–Crippen MR) is 90.8 cm³/mol. The Morgan fingerprint density at radius 2 is 2.00 bits per heavy atom. The van der Waals surface area contributed by atoms with Crippen LogP contribution in [0.5, 0.6) is 0 Å². The number of nitriles is 1. The van der Waals surface area contributed by atoms with Crippen LogP contribution in [0.1, 0.15) is 35.8 Å². The monoisotopic (exact) mass is 305 g/mol. The van der Waals surface area contributed by atoms with Crippen molar-refractivity contribution in [2.24, 2.45) is 0 Å². The summed E-state index contributed by atoms with van der Waals surface area (Å²) in [6.45, 7) is 4.11. The fourth-order valence-electron chi connectivity index (χ4n) is 2.87. The normalized spacial score (nSPS) is 14.4. The molecule has 116 valence electrons. The lowest BCUT2D eigenvalue weighted by atomic mass is 10.1. The van der Waals surface area contributed by atoms with E-state index in [1.54, 1.807) is 18.2 Å². The largest absolute Gasteiger partial charge is 0.346 e. The van der Waals surface area contributed by atoms with Gasteiger partial charge in [0, 0.05) is 23.1 Å². The van der Waals surface area contributed by atoms with Crippen LogP contribution in [0.4, 0.5) is 5.69 Å². The molecule has 1 N–H and O–H groups in total. The van der Waals surface area contributed by atoms with Crippen molar-refractivity contribution in [1.29, 1.82) is 5.26 Å². The number of hydrogen-bond donors (Lipinski definition) is 1. The van der Waals surface area contributed by atoms with Gasteiger partial charge in [0.05, 0.1) is 0 Å². The van der Waals surface area contributed by atoms with Crippen molar-refractivity contribution in [3.05, 3.63) is 58.9 Å². The number of nitrogens with zero attached hydrogens (tertiary/aromatic N) is 2. The Morgan fingerprint density at radius 3 is 2.61 bits per heavy atom. The Bertz CT molecular complexity index is 805. The molecule has 1 aliphatic carbocycles. The second kappa shape index (κ2) is 6.13. The van der Waals surface area contributed by atoms with Gasteiger partial charge in [0.2, 0.25) is 0 Å². The molecule has 0 radical (unpaired) electrons. The fraction of sp³-hybridized carbons (Fsp3) is 0.263. The molecule has 1 aromatic heterocycles. The lowest BCUT2D eigenvalue weighted by Crippen LogP contribution is -2.13. The van der Waals surface area contributed by atoms with Crippen LogP contribution in [0.15, 0.2) is 42.0 Å². The van der Waals surface area contributed by atoms with E-state index < -0.39 is 0 Å². The van der Waals surface area contributed by atoms with Crippen LogP contribution >= 0.6 is 0 Å². The molecule has 4 nitrogen and oxygen atoms in total. The maximum absolute atomic E-state index is 12.3. The fourth-order valence-corrected chi connectivity index (χ4v) is 2.87. The van der Waals surface area contributed by atoms with Crippen molar-refractivity contribution >= 4 is 17.7 Å². The summed E-state index contributed by atoms with van der Waals surface area (Å²) in [5.74, 6) is -0.380. The second-order valence-corrected chi connectivity index (χ2v) is 5.92. The van der Waals surface area contributed by atoms with Crippen LogP contribution in [0.2, 0.25) is 0 Å². The standard InChI is InChI=1S/C19H19N3O/c1-13-10-15(14(2)22(13)18-8-9-18)11-16(12-20)19(23)21-17-6-4-3-5-7-17/h3-7,10-11,18H,8-9H2,1-2H3,(H,21,23). The molecular formula is C19H19N3O. The first kappa shape index (κ1) is 15.1. The van der Waals surface area contributed by atoms with E-state index in [0.29, 0.717) is 11.7 Å². The molecule has 1 amide bonds. The molecule has 2 aromatic rings. The number of rotatable bonds is 4. The lowest BCUT2D eigenvalue weighted by Gasteiger charge is -2.07. The Morgan fingerprint density at radius 1 is 1.30 bits per heavy atom. The van der Waals surface area contributed by atoms with E-state index in [2.05, 4.69) is 16.8 Å². The molecule has 0 saturated heterocycles. The number of nitrogens with one attached hydrogen (secondary N) is 1. The SMILES string of the molecule is Cc1cc(C=C(C#N)C(=O)Nc2ccccc2)c(C)n1C1CC1. The second-order valence-electron chi connectivity index (χ2n) is 5.92. The van der Waals surface area contributed by atoms with Gasteiger partial charge in [-0.05, 0) is 56.5 Å². The van der Waals surface area contributed by atoms with Crippen LogP contribution in [0, 0.1) is 25.2 Å². The number of anilines is 1. The topological polar surface area (TPSA) is 57.8 Å². The molecule has 1 aliphatic rings. The van der Waals surface area contributed by atoms with E-state index in [0.717, 1.165) is 11.3 Å². The third kappa shape index (κ3) is 3.19. The summed E-state index contributed by atoms with van der Waals surface area (Å²) in [5.41, 5.74) is 4.03. The Kier molecular flexibility index (Phi) is 4.03. The summed E-state index contributed by atoms with van der Waals surface area (Å²) in [7, 11) is 0. The van der Waals surface area contributed by atoms with E-state index >= 15 is 0 Å². The Hall–Kier alpha value is -2.80. The summed E-state index contributed by atoms with van der Waals surface area (Å²) in [5, 5.41) is 12.1. The van der Waals surface area contributed by atoms with Crippen molar-refractivity contribution < 1.29 is 4.79 Å². The van der Waals surface area contributed by atoms with Crippen molar-refractivity contribution in [3.8, 4) is 6.07 Å². The average Bonchev–Trinajstić information content (AvgIpc) is 3.32. The summed E-state index contributed by atoms with van der Waals surface area (Å²) in [6, 6.07) is 13.8. The molecule has 0 atom stereocenters. The summed E-state index contributed by atoms with van der Waals surface area (Å²) < 4.78 is 2.30. The lowest BCUT2D eigenvalue weighted by molar-refractivity contribution is -0.112. The summed E-state index contributed by atoms with van der Waals surface area (Å²) in [4.78, 5) is 12.3. The number of benzene rings is 1. The average molecular weight is 305 g/mol. The number of aromatic nitrogens is 1. The molecule has 3 rings (SSSR count). The van der Waals surface area contributed by atoms with Crippen LogP contribution in [-0.2, 0) is 4.79 Å². The van der Waals surface area contributed by atoms with Gasteiger partial charge in [0.15, 0.2) is 0 Å². The molecule has 1 aromatic carbocycles. The van der Waals surface area contributed by atoms with E-state index in [-0.39, 0.29) is 11.5 Å². The zero-order valence-corrected chi connectivity index (χ0v) is 13.3. The Balaban J connectivity index is 1.86. The molecule has 1 fully saturated rings. The minimum Gasteiger partial charge on any atom is -0.346 e. The zero-order chi connectivity index (χ0) is 16.4. The molecule has 4 heteroatoms. The zero-order valence-electron chi connectivity index (χ0n) is 13.3. The first-order chi connectivity index (χ1) is 11.1. The van der Waals surface area contributed by atoms with Gasteiger partial charge in [-0.1, -0.05) is 18.2 Å². The number of amides is 1. The maximum Gasteiger partial charge on any atom is 0.266 e. The highest BCUT2D eigenvalue weighted by Crippen LogP contribution is 2.38. The van der Waals surface area contributed by atoms with Gasteiger partial charge in [-0.2, -0.15) is 5.26 Å². The van der Waals surface area contributed by atoms with Gasteiger partial charge in [0.1, 0.15) is 11.6 Å². The molecule has 0 unspecified atom stereocenters. The molecule has 23 heavy (non-hydrogen) atoms. The minimum atomic E-state index is -0.380. The van der Waals surface area contributed by atoms with E-state index in [4.69, 9.17) is 0 Å². The van der Waals surface area contributed by atoms with Crippen molar-refractivity contribution in [2.45, 2.75) is 32.7 Å². The smallest absolute Gasteiger partial charge is 0.266 e. The van der Waals surface area contributed by atoms with Gasteiger partial charge >= 0.3 is 0 Å². The third-order valence-electron chi connectivity index (χ3n) is 4.13. The van der Waals surface area contributed by atoms with E-state index in [9.17, 15) is 10.1 Å². The van der Waals surface area contributed by atoms with Crippen LogP contribution in [0.3, 0.4) is 0 Å². The first-order valence-electron chi connectivity index (χ1n) is 7.77. The maximum atomic E-state index is 12.3. The van der Waals surface area contributed by atoms with Gasteiger partial charge in [-0.25, -0.2) is 0 Å². The molecule has 0 aliphatic heterocycles. The van der Waals surface area contributed by atoms with Crippen LogP contribution < -0.4 is 5.32 Å². The Labute approximate surface area is 136 Å². The van der Waals surface area contributed by atoms with Crippen molar-refractivity contribution in [2.75, 3.05) is 5.32 Å². The van der Waals surface area contributed by atoms with Crippen molar-refractivity contribution in [3.63, 3.8) is 0 Å². The van der Waals surface area contributed by atoms with Crippen LogP contribution in [0.25, 0.3) is 6.08 Å². The number of para-hydroxylation sites is 1. The number of carbonyl (C=O) groups excluding carboxylic acids is 1. The highest BCUT2D eigenvalue weighted by Gasteiger charge is 2.26. The predicted octanol–water partition coefficient (Wildman–Crippen LogP) is 3.99. The van der Waals surface area contributed by atoms with E-state index in [1.165, 1.54) is 18.5 Å². The number of aryl methyl sites for hydroxylation is 1. The minimum absolute atomic E-state index is 0.116.